The van der Waals surface area contributed by atoms with Gasteiger partial charge in [0.15, 0.2) is 5.78 Å². The van der Waals surface area contributed by atoms with Crippen molar-refractivity contribution in [2.24, 2.45) is 0 Å². The molecule has 0 saturated heterocycles. The van der Waals surface area contributed by atoms with Crippen LogP contribution in [-0.4, -0.2) is 10.8 Å². The second-order valence-corrected chi connectivity index (χ2v) is 4.71. The molecule has 2 aromatic rings. The van der Waals surface area contributed by atoms with E-state index in [1.165, 1.54) is 0 Å². The standard InChI is InChI=1S/C15H12BrNO/c16-15-6-2-1-5-13(15)7-8-14(18)10-12-4-3-9-17-11-12/h1-9,11H,10H2. The summed E-state index contributed by atoms with van der Waals surface area (Å²) in [5.74, 6) is 0.0683. The van der Waals surface area contributed by atoms with Gasteiger partial charge in [-0.05, 0) is 29.3 Å². The second-order valence-electron chi connectivity index (χ2n) is 3.86. The van der Waals surface area contributed by atoms with Gasteiger partial charge in [0.05, 0.1) is 0 Å². The third-order valence-electron chi connectivity index (χ3n) is 2.46. The fourth-order valence-electron chi connectivity index (χ4n) is 1.56. The number of hydrogen-bond donors (Lipinski definition) is 0. The molecule has 1 aromatic heterocycles. The van der Waals surface area contributed by atoms with Crippen LogP contribution in [0, 0.1) is 0 Å². The lowest BCUT2D eigenvalue weighted by atomic mass is 10.1. The zero-order chi connectivity index (χ0) is 12.8. The molecule has 0 aliphatic rings. The molecule has 0 aliphatic carbocycles. The zero-order valence-corrected chi connectivity index (χ0v) is 11.3. The first-order valence-corrected chi connectivity index (χ1v) is 6.39. The van der Waals surface area contributed by atoms with E-state index in [1.807, 2.05) is 42.5 Å². The first-order chi connectivity index (χ1) is 8.75. The fourth-order valence-corrected chi connectivity index (χ4v) is 1.97. The first-order valence-electron chi connectivity index (χ1n) is 5.60. The molecule has 0 radical (unpaired) electrons. The van der Waals surface area contributed by atoms with E-state index in [4.69, 9.17) is 0 Å². The molecule has 0 bridgehead atoms. The van der Waals surface area contributed by atoms with Crippen LogP contribution in [0.2, 0.25) is 0 Å². The number of carbonyl (C=O) groups excluding carboxylic acids is 1. The van der Waals surface area contributed by atoms with E-state index in [1.54, 1.807) is 18.5 Å². The maximum Gasteiger partial charge on any atom is 0.160 e. The molecule has 90 valence electrons. The van der Waals surface area contributed by atoms with Crippen LogP contribution >= 0.6 is 15.9 Å². The number of hydrogen-bond acceptors (Lipinski definition) is 2. The molecule has 0 saturated carbocycles. The third kappa shape index (κ3) is 3.64. The van der Waals surface area contributed by atoms with Crippen LogP contribution in [-0.2, 0) is 11.2 Å². The van der Waals surface area contributed by atoms with E-state index in [9.17, 15) is 4.79 Å². The molecule has 0 fully saturated rings. The number of ketones is 1. The Morgan fingerprint density at radius 3 is 2.78 bits per heavy atom. The molecular formula is C15H12BrNO. The lowest BCUT2D eigenvalue weighted by Crippen LogP contribution is -1.98. The molecule has 0 spiro atoms. The highest BCUT2D eigenvalue weighted by Crippen LogP contribution is 2.17. The fraction of sp³-hybridized carbons (Fsp3) is 0.0667. The highest BCUT2D eigenvalue weighted by molar-refractivity contribution is 9.10. The van der Waals surface area contributed by atoms with Crippen molar-refractivity contribution in [3.05, 3.63) is 70.5 Å². The summed E-state index contributed by atoms with van der Waals surface area (Å²) in [5.41, 5.74) is 1.93. The summed E-state index contributed by atoms with van der Waals surface area (Å²) < 4.78 is 0.982. The van der Waals surface area contributed by atoms with Gasteiger partial charge in [-0.2, -0.15) is 0 Å². The van der Waals surface area contributed by atoms with Crippen molar-refractivity contribution < 1.29 is 4.79 Å². The molecule has 0 aliphatic heterocycles. The topological polar surface area (TPSA) is 30.0 Å². The number of pyridine rings is 1. The number of aromatic nitrogens is 1. The van der Waals surface area contributed by atoms with Gasteiger partial charge in [0, 0.05) is 23.3 Å². The Labute approximate surface area is 115 Å². The minimum Gasteiger partial charge on any atom is -0.294 e. The van der Waals surface area contributed by atoms with Crippen molar-refractivity contribution in [3.8, 4) is 0 Å². The van der Waals surface area contributed by atoms with Gasteiger partial charge >= 0.3 is 0 Å². The van der Waals surface area contributed by atoms with Gasteiger partial charge in [0.25, 0.3) is 0 Å². The summed E-state index contributed by atoms with van der Waals surface area (Å²) in [6.07, 6.45) is 7.22. The Bertz CT molecular complexity index is 564. The minimum absolute atomic E-state index is 0.0683. The Morgan fingerprint density at radius 1 is 1.22 bits per heavy atom. The van der Waals surface area contributed by atoms with Crippen LogP contribution in [0.5, 0.6) is 0 Å². The van der Waals surface area contributed by atoms with Gasteiger partial charge in [-0.15, -0.1) is 0 Å². The lowest BCUT2D eigenvalue weighted by molar-refractivity contribution is -0.113. The molecule has 0 N–H and O–H groups in total. The van der Waals surface area contributed by atoms with Crippen LogP contribution in [0.15, 0.2) is 59.3 Å². The van der Waals surface area contributed by atoms with Crippen molar-refractivity contribution in [3.63, 3.8) is 0 Å². The maximum absolute atomic E-state index is 11.8. The summed E-state index contributed by atoms with van der Waals surface area (Å²) >= 11 is 3.44. The van der Waals surface area contributed by atoms with Crippen molar-refractivity contribution in [1.82, 2.24) is 4.98 Å². The average molecular weight is 302 g/mol. The van der Waals surface area contributed by atoms with E-state index in [0.717, 1.165) is 15.6 Å². The van der Waals surface area contributed by atoms with Gasteiger partial charge in [0.2, 0.25) is 0 Å². The number of rotatable bonds is 4. The van der Waals surface area contributed by atoms with Gasteiger partial charge < -0.3 is 0 Å². The molecule has 0 atom stereocenters. The molecule has 1 heterocycles. The zero-order valence-electron chi connectivity index (χ0n) is 9.71. The summed E-state index contributed by atoms with van der Waals surface area (Å²) in [5, 5.41) is 0. The van der Waals surface area contributed by atoms with Crippen molar-refractivity contribution in [2.45, 2.75) is 6.42 Å². The second kappa shape index (κ2) is 6.26. The van der Waals surface area contributed by atoms with E-state index >= 15 is 0 Å². The largest absolute Gasteiger partial charge is 0.294 e. The van der Waals surface area contributed by atoms with Gasteiger partial charge in [0.1, 0.15) is 0 Å². The lowest BCUT2D eigenvalue weighted by Gasteiger charge is -1.98. The predicted molar refractivity (Wildman–Crippen MR) is 76.1 cm³/mol. The van der Waals surface area contributed by atoms with Crippen molar-refractivity contribution >= 4 is 27.8 Å². The molecular weight excluding hydrogens is 290 g/mol. The number of carbonyl (C=O) groups is 1. The smallest absolute Gasteiger partial charge is 0.160 e. The predicted octanol–water partition coefficient (Wildman–Crippen LogP) is 3.67. The number of benzene rings is 1. The highest BCUT2D eigenvalue weighted by atomic mass is 79.9. The monoisotopic (exact) mass is 301 g/mol. The van der Waals surface area contributed by atoms with Crippen molar-refractivity contribution in [1.29, 1.82) is 0 Å². The Morgan fingerprint density at radius 2 is 2.06 bits per heavy atom. The number of halogens is 1. The Kier molecular flexibility index (Phi) is 4.42. The SMILES string of the molecule is O=C(C=Cc1ccccc1Br)Cc1cccnc1. The first kappa shape index (κ1) is 12.7. The van der Waals surface area contributed by atoms with Crippen LogP contribution in [0.25, 0.3) is 6.08 Å². The van der Waals surface area contributed by atoms with Crippen molar-refractivity contribution in [2.75, 3.05) is 0 Å². The summed E-state index contributed by atoms with van der Waals surface area (Å²) in [7, 11) is 0. The quantitative estimate of drug-likeness (QED) is 0.807. The molecule has 1 aromatic carbocycles. The van der Waals surface area contributed by atoms with E-state index in [-0.39, 0.29) is 5.78 Å². The van der Waals surface area contributed by atoms with Crippen LogP contribution < -0.4 is 0 Å². The molecule has 18 heavy (non-hydrogen) atoms. The van der Waals surface area contributed by atoms with Gasteiger partial charge in [-0.3, -0.25) is 9.78 Å². The van der Waals surface area contributed by atoms with Gasteiger partial charge in [-0.1, -0.05) is 46.3 Å². The Balaban J connectivity index is 2.02. The normalized spacial score (nSPS) is 10.7. The molecule has 2 nitrogen and oxygen atoms in total. The third-order valence-corrected chi connectivity index (χ3v) is 3.18. The Hall–Kier alpha value is -1.74. The maximum atomic E-state index is 11.8. The molecule has 2 rings (SSSR count). The number of nitrogens with zero attached hydrogens (tertiary/aromatic N) is 1. The minimum atomic E-state index is 0.0683. The molecule has 3 heteroatoms. The number of allylic oxidation sites excluding steroid dienone is 1. The van der Waals surface area contributed by atoms with Crippen LogP contribution in [0.3, 0.4) is 0 Å². The highest BCUT2D eigenvalue weighted by Gasteiger charge is 2.00. The van der Waals surface area contributed by atoms with Gasteiger partial charge in [-0.25, -0.2) is 0 Å². The average Bonchev–Trinajstić information content (AvgIpc) is 2.39. The van der Waals surface area contributed by atoms with E-state index in [0.29, 0.717) is 6.42 Å². The summed E-state index contributed by atoms with van der Waals surface area (Å²) in [6, 6.07) is 11.5. The van der Waals surface area contributed by atoms with Crippen LogP contribution in [0.4, 0.5) is 0 Å². The van der Waals surface area contributed by atoms with E-state index < -0.39 is 0 Å². The van der Waals surface area contributed by atoms with Crippen LogP contribution in [0.1, 0.15) is 11.1 Å². The molecule has 0 amide bonds. The van der Waals surface area contributed by atoms with E-state index in [2.05, 4.69) is 20.9 Å². The summed E-state index contributed by atoms with van der Waals surface area (Å²) in [6.45, 7) is 0. The summed E-state index contributed by atoms with van der Waals surface area (Å²) in [4.78, 5) is 15.8. The molecule has 0 unspecified atom stereocenters.